The average Bonchev–Trinajstić information content (AvgIpc) is 3.07. The fourth-order valence-electron chi connectivity index (χ4n) is 3.25. The molecule has 7 nitrogen and oxygen atoms in total. The molecular formula is C22H23ClN4O3. The number of carbonyl (C=O) groups excluding carboxylic acids is 1. The zero-order valence-corrected chi connectivity index (χ0v) is 17.4. The van der Waals surface area contributed by atoms with Crippen LogP contribution in [0.15, 0.2) is 54.9 Å². The van der Waals surface area contributed by atoms with Crippen molar-refractivity contribution < 1.29 is 14.3 Å². The number of benzene rings is 2. The number of fused-ring (bicyclic) bond motifs is 1. The van der Waals surface area contributed by atoms with Crippen LogP contribution in [-0.4, -0.2) is 47.4 Å². The number of nitrogens with zero attached hydrogens (tertiary/aromatic N) is 3. The fraction of sp³-hybridized carbons (Fsp3) is 0.273. The van der Waals surface area contributed by atoms with Crippen LogP contribution in [0.2, 0.25) is 5.02 Å². The van der Waals surface area contributed by atoms with Gasteiger partial charge in [-0.2, -0.15) is 5.10 Å². The van der Waals surface area contributed by atoms with Gasteiger partial charge in [-0.1, -0.05) is 29.8 Å². The van der Waals surface area contributed by atoms with Crippen molar-refractivity contribution in [3.8, 4) is 17.2 Å². The Labute approximate surface area is 180 Å². The van der Waals surface area contributed by atoms with Gasteiger partial charge in [0.15, 0.2) is 11.5 Å². The molecule has 0 spiro atoms. The summed E-state index contributed by atoms with van der Waals surface area (Å²) in [4.78, 5) is 14.4. The Hall–Kier alpha value is -3.03. The van der Waals surface area contributed by atoms with Crippen molar-refractivity contribution in [2.45, 2.75) is 13.0 Å². The third-order valence-electron chi connectivity index (χ3n) is 4.63. The quantitative estimate of drug-likeness (QED) is 0.650. The van der Waals surface area contributed by atoms with Gasteiger partial charge in [0.05, 0.1) is 42.4 Å². The molecule has 0 atom stereocenters. The van der Waals surface area contributed by atoms with E-state index in [2.05, 4.69) is 10.4 Å². The van der Waals surface area contributed by atoms with E-state index in [1.807, 2.05) is 59.4 Å². The minimum absolute atomic E-state index is 0.163. The molecule has 1 aliphatic rings. The SMILES string of the molecule is CN(CC(=O)Nc1cc2c(cc1Cl)OCCCO2)Cc1cnn(-c2ccccc2)c1. The lowest BCUT2D eigenvalue weighted by Crippen LogP contribution is -2.29. The first-order valence-corrected chi connectivity index (χ1v) is 10.1. The monoisotopic (exact) mass is 426 g/mol. The number of aromatic nitrogens is 2. The van der Waals surface area contributed by atoms with E-state index in [4.69, 9.17) is 21.1 Å². The lowest BCUT2D eigenvalue weighted by Gasteiger charge is -2.16. The predicted molar refractivity (Wildman–Crippen MR) is 116 cm³/mol. The van der Waals surface area contributed by atoms with Gasteiger partial charge in [0.25, 0.3) is 0 Å². The number of likely N-dealkylation sites (N-methyl/N-ethyl adjacent to an activating group) is 1. The van der Waals surface area contributed by atoms with Crippen LogP contribution in [0.25, 0.3) is 5.69 Å². The van der Waals surface area contributed by atoms with Crippen molar-refractivity contribution in [1.29, 1.82) is 0 Å². The molecule has 1 N–H and O–H groups in total. The average molecular weight is 427 g/mol. The fourth-order valence-corrected chi connectivity index (χ4v) is 3.45. The van der Waals surface area contributed by atoms with E-state index >= 15 is 0 Å². The molecule has 0 saturated heterocycles. The topological polar surface area (TPSA) is 68.6 Å². The second kappa shape index (κ2) is 9.19. The summed E-state index contributed by atoms with van der Waals surface area (Å²) in [7, 11) is 1.88. The van der Waals surface area contributed by atoms with Crippen molar-refractivity contribution in [2.75, 3.05) is 32.1 Å². The van der Waals surface area contributed by atoms with Crippen LogP contribution in [0.3, 0.4) is 0 Å². The summed E-state index contributed by atoms with van der Waals surface area (Å²) in [5.41, 5.74) is 2.52. The normalized spacial score (nSPS) is 13.2. The summed E-state index contributed by atoms with van der Waals surface area (Å²) < 4.78 is 13.1. The summed E-state index contributed by atoms with van der Waals surface area (Å²) in [5, 5.41) is 7.67. The molecule has 2 heterocycles. The highest BCUT2D eigenvalue weighted by molar-refractivity contribution is 6.34. The van der Waals surface area contributed by atoms with Crippen molar-refractivity contribution in [3.05, 3.63) is 65.4 Å². The standard InChI is InChI=1S/C22H23ClN4O3/c1-26(13-16-12-24-27(14-16)17-6-3-2-4-7-17)15-22(28)25-19-11-21-20(10-18(19)23)29-8-5-9-30-21/h2-4,6-7,10-12,14H,5,8-9,13,15H2,1H3,(H,25,28). The first-order chi connectivity index (χ1) is 14.6. The number of nitrogens with one attached hydrogen (secondary N) is 1. The van der Waals surface area contributed by atoms with Crippen molar-refractivity contribution in [2.24, 2.45) is 0 Å². The lowest BCUT2D eigenvalue weighted by atomic mass is 10.2. The number of ether oxygens (including phenoxy) is 2. The van der Waals surface area contributed by atoms with Crippen LogP contribution in [-0.2, 0) is 11.3 Å². The van der Waals surface area contributed by atoms with E-state index in [1.54, 1.807) is 12.1 Å². The maximum atomic E-state index is 12.5. The Morgan fingerprint density at radius 1 is 1.20 bits per heavy atom. The molecule has 0 aliphatic carbocycles. The van der Waals surface area contributed by atoms with Gasteiger partial charge in [0, 0.05) is 36.9 Å². The van der Waals surface area contributed by atoms with Gasteiger partial charge in [0.2, 0.25) is 5.91 Å². The third kappa shape index (κ3) is 4.93. The van der Waals surface area contributed by atoms with Gasteiger partial charge in [-0.3, -0.25) is 9.69 Å². The van der Waals surface area contributed by atoms with Crippen LogP contribution < -0.4 is 14.8 Å². The molecule has 1 amide bonds. The molecule has 0 saturated carbocycles. The number of anilines is 1. The van der Waals surface area contributed by atoms with Crippen LogP contribution in [0.4, 0.5) is 5.69 Å². The highest BCUT2D eigenvalue weighted by Gasteiger charge is 2.16. The number of halogens is 1. The van der Waals surface area contributed by atoms with Crippen molar-refractivity contribution in [3.63, 3.8) is 0 Å². The number of amides is 1. The minimum atomic E-state index is -0.163. The maximum absolute atomic E-state index is 12.5. The number of hydrogen-bond acceptors (Lipinski definition) is 5. The summed E-state index contributed by atoms with van der Waals surface area (Å²) in [5.74, 6) is 1.03. The Bertz CT molecular complexity index is 1020. The highest BCUT2D eigenvalue weighted by atomic mass is 35.5. The van der Waals surface area contributed by atoms with E-state index in [-0.39, 0.29) is 12.5 Å². The molecule has 0 unspecified atom stereocenters. The molecule has 1 aromatic heterocycles. The number of carbonyl (C=O) groups is 1. The first-order valence-electron chi connectivity index (χ1n) is 9.75. The Morgan fingerprint density at radius 3 is 2.70 bits per heavy atom. The molecule has 156 valence electrons. The Balaban J connectivity index is 1.35. The molecule has 0 radical (unpaired) electrons. The Morgan fingerprint density at radius 2 is 1.93 bits per heavy atom. The Kier molecular flexibility index (Phi) is 6.21. The van der Waals surface area contributed by atoms with Crippen molar-refractivity contribution >= 4 is 23.2 Å². The molecule has 8 heteroatoms. The zero-order valence-electron chi connectivity index (χ0n) is 16.7. The molecule has 30 heavy (non-hydrogen) atoms. The van der Waals surface area contributed by atoms with Crippen LogP contribution in [0.5, 0.6) is 11.5 Å². The molecule has 0 bridgehead atoms. The predicted octanol–water partition coefficient (Wildman–Crippen LogP) is 3.76. The molecule has 2 aromatic carbocycles. The van der Waals surface area contributed by atoms with E-state index in [1.165, 1.54) is 0 Å². The van der Waals surface area contributed by atoms with Crippen LogP contribution >= 0.6 is 11.6 Å². The van der Waals surface area contributed by atoms with Crippen LogP contribution in [0, 0.1) is 0 Å². The molecule has 4 rings (SSSR count). The number of para-hydroxylation sites is 1. The van der Waals surface area contributed by atoms with Gasteiger partial charge >= 0.3 is 0 Å². The second-order valence-electron chi connectivity index (χ2n) is 7.18. The van der Waals surface area contributed by atoms with Gasteiger partial charge in [-0.25, -0.2) is 4.68 Å². The van der Waals surface area contributed by atoms with Gasteiger partial charge in [-0.15, -0.1) is 0 Å². The van der Waals surface area contributed by atoms with Gasteiger partial charge < -0.3 is 14.8 Å². The second-order valence-corrected chi connectivity index (χ2v) is 7.59. The maximum Gasteiger partial charge on any atom is 0.238 e. The van der Waals surface area contributed by atoms with Crippen molar-refractivity contribution in [1.82, 2.24) is 14.7 Å². The summed E-state index contributed by atoms with van der Waals surface area (Å²) in [6.45, 7) is 1.96. The zero-order chi connectivity index (χ0) is 20.9. The smallest absolute Gasteiger partial charge is 0.238 e. The molecule has 1 aliphatic heterocycles. The molecule has 3 aromatic rings. The van der Waals surface area contributed by atoms with Gasteiger partial charge in [-0.05, 0) is 19.2 Å². The van der Waals surface area contributed by atoms with E-state index < -0.39 is 0 Å². The summed E-state index contributed by atoms with van der Waals surface area (Å²) in [6, 6.07) is 13.3. The number of hydrogen-bond donors (Lipinski definition) is 1. The van der Waals surface area contributed by atoms with E-state index in [0.29, 0.717) is 42.0 Å². The molecular weight excluding hydrogens is 404 g/mol. The summed E-state index contributed by atoms with van der Waals surface area (Å²) >= 11 is 6.31. The van der Waals surface area contributed by atoms with Crippen LogP contribution in [0.1, 0.15) is 12.0 Å². The van der Waals surface area contributed by atoms with E-state index in [9.17, 15) is 4.79 Å². The lowest BCUT2D eigenvalue weighted by molar-refractivity contribution is -0.117. The summed E-state index contributed by atoms with van der Waals surface area (Å²) in [6.07, 6.45) is 4.58. The molecule has 0 fully saturated rings. The number of rotatable bonds is 6. The van der Waals surface area contributed by atoms with E-state index in [0.717, 1.165) is 17.7 Å². The highest BCUT2D eigenvalue weighted by Crippen LogP contribution is 2.37. The van der Waals surface area contributed by atoms with Gasteiger partial charge in [0.1, 0.15) is 0 Å². The minimum Gasteiger partial charge on any atom is -0.490 e. The largest absolute Gasteiger partial charge is 0.490 e. The third-order valence-corrected chi connectivity index (χ3v) is 4.95. The first kappa shape index (κ1) is 20.3.